The number of nitrogens with one attached hydrogen (secondary N) is 1. The number of carbonyl (C=O) groups excluding carboxylic acids is 2. The first-order valence-corrected chi connectivity index (χ1v) is 11.8. The summed E-state index contributed by atoms with van der Waals surface area (Å²) in [4.78, 5) is 38.4. The summed E-state index contributed by atoms with van der Waals surface area (Å²) in [5.74, 6) is -0.997. The minimum atomic E-state index is -3.34. The Morgan fingerprint density at radius 2 is 1.73 bits per heavy atom. The summed E-state index contributed by atoms with van der Waals surface area (Å²) < 4.78 is 24.4. The summed E-state index contributed by atoms with van der Waals surface area (Å²) in [7, 11) is -3.34. The van der Waals surface area contributed by atoms with Gasteiger partial charge in [-0.25, -0.2) is 8.42 Å². The average molecular weight is 464 g/mol. The van der Waals surface area contributed by atoms with E-state index in [4.69, 9.17) is 0 Å². The lowest BCUT2D eigenvalue weighted by molar-refractivity contribution is 0.0949. The predicted molar refractivity (Wildman–Crippen MR) is 122 cm³/mol. The Kier molecular flexibility index (Phi) is 6.60. The molecule has 33 heavy (non-hydrogen) atoms. The maximum absolute atomic E-state index is 13.2. The maximum Gasteiger partial charge on any atom is 0.268 e. The Balaban J connectivity index is 1.99. The Morgan fingerprint density at radius 3 is 2.30 bits per heavy atom. The lowest BCUT2D eigenvalue weighted by atomic mass is 10.1. The van der Waals surface area contributed by atoms with Gasteiger partial charge in [0.05, 0.1) is 22.2 Å². The molecule has 168 valence electrons. The minimum absolute atomic E-state index is 0.0511. The molecule has 0 aliphatic rings. The molecule has 2 aromatic carbocycles. The second kappa shape index (κ2) is 9.22. The number of ketones is 1. The van der Waals surface area contributed by atoms with Crippen LogP contribution in [0.4, 0.5) is 0 Å². The van der Waals surface area contributed by atoms with Crippen molar-refractivity contribution < 1.29 is 18.0 Å². The second-order valence-electron chi connectivity index (χ2n) is 7.51. The monoisotopic (exact) mass is 463 g/mol. The van der Waals surface area contributed by atoms with Crippen LogP contribution in [0.1, 0.15) is 44.5 Å². The number of sulfone groups is 1. The highest BCUT2D eigenvalue weighted by molar-refractivity contribution is 7.90. The molecule has 0 aliphatic heterocycles. The standard InChI is InChI=1S/C24H21N3O5S/c1-15-21(16(2)28)12-22(24(30)27(15)19-6-4-5-18(11-19)13-25)23(29)26-14-17-7-9-20(10-8-17)33(3,31)32/h4-12H,14H2,1-3H3,(H,26,29). The number of carbonyl (C=O) groups is 2. The molecule has 1 N–H and O–H groups in total. The van der Waals surface area contributed by atoms with Gasteiger partial charge in [0.2, 0.25) is 0 Å². The van der Waals surface area contributed by atoms with Gasteiger partial charge in [-0.2, -0.15) is 5.26 Å². The number of rotatable bonds is 6. The Morgan fingerprint density at radius 1 is 1.06 bits per heavy atom. The minimum Gasteiger partial charge on any atom is -0.348 e. The van der Waals surface area contributed by atoms with Crippen molar-refractivity contribution in [3.05, 3.63) is 92.9 Å². The average Bonchev–Trinajstić information content (AvgIpc) is 2.77. The molecule has 0 atom stereocenters. The molecule has 0 saturated heterocycles. The molecule has 1 aromatic heterocycles. The van der Waals surface area contributed by atoms with Gasteiger partial charge in [0.25, 0.3) is 11.5 Å². The first-order chi connectivity index (χ1) is 15.5. The summed E-state index contributed by atoms with van der Waals surface area (Å²) in [5, 5.41) is 11.8. The van der Waals surface area contributed by atoms with E-state index >= 15 is 0 Å². The third kappa shape index (κ3) is 5.07. The third-order valence-corrected chi connectivity index (χ3v) is 6.24. The fourth-order valence-corrected chi connectivity index (χ4v) is 4.01. The SMILES string of the molecule is CC(=O)c1cc(C(=O)NCc2ccc(S(C)(=O)=O)cc2)c(=O)n(-c2cccc(C#N)c2)c1C. The van der Waals surface area contributed by atoms with Crippen LogP contribution >= 0.6 is 0 Å². The van der Waals surface area contributed by atoms with Crippen molar-refractivity contribution in [2.75, 3.05) is 6.26 Å². The summed E-state index contributed by atoms with van der Waals surface area (Å²) in [6.07, 6.45) is 1.10. The molecule has 0 aliphatic carbocycles. The van der Waals surface area contributed by atoms with Crippen molar-refractivity contribution >= 4 is 21.5 Å². The van der Waals surface area contributed by atoms with Crippen molar-refractivity contribution in [2.24, 2.45) is 0 Å². The number of hydrogen-bond donors (Lipinski definition) is 1. The molecule has 1 heterocycles. The van der Waals surface area contributed by atoms with Gasteiger partial charge in [-0.15, -0.1) is 0 Å². The first kappa shape index (κ1) is 23.6. The molecule has 0 unspecified atom stereocenters. The summed E-state index contributed by atoms with van der Waals surface area (Å²) in [6, 6.07) is 15.6. The summed E-state index contributed by atoms with van der Waals surface area (Å²) in [5.41, 5.74) is 1.05. The molecule has 1 amide bonds. The predicted octanol–water partition coefficient (Wildman–Crippen LogP) is 2.55. The second-order valence-corrected chi connectivity index (χ2v) is 9.53. The molecule has 0 fully saturated rings. The van der Waals surface area contributed by atoms with Crippen molar-refractivity contribution in [3.8, 4) is 11.8 Å². The van der Waals surface area contributed by atoms with Crippen molar-refractivity contribution in [2.45, 2.75) is 25.3 Å². The van der Waals surface area contributed by atoms with Crippen LogP contribution in [0.3, 0.4) is 0 Å². The number of hydrogen-bond acceptors (Lipinski definition) is 6. The molecule has 3 aromatic rings. The number of nitriles is 1. The van der Waals surface area contributed by atoms with Gasteiger partial charge in [-0.05, 0) is 55.8 Å². The van der Waals surface area contributed by atoms with E-state index in [1.807, 2.05) is 6.07 Å². The van der Waals surface area contributed by atoms with E-state index in [0.717, 1.165) is 6.26 Å². The largest absolute Gasteiger partial charge is 0.348 e. The van der Waals surface area contributed by atoms with Crippen LogP contribution in [0.2, 0.25) is 0 Å². The number of benzene rings is 2. The highest BCUT2D eigenvalue weighted by Gasteiger charge is 2.20. The number of Topliss-reactive ketones (excluding diaryl/α,β-unsaturated/α-hetero) is 1. The van der Waals surface area contributed by atoms with Gasteiger partial charge in [0.15, 0.2) is 15.6 Å². The molecule has 9 heteroatoms. The van der Waals surface area contributed by atoms with Gasteiger partial charge >= 0.3 is 0 Å². The van der Waals surface area contributed by atoms with Crippen LogP contribution in [0, 0.1) is 18.3 Å². The molecule has 0 radical (unpaired) electrons. The van der Waals surface area contributed by atoms with E-state index in [1.54, 1.807) is 37.3 Å². The molecule has 8 nitrogen and oxygen atoms in total. The molecule has 0 saturated carbocycles. The van der Waals surface area contributed by atoms with Crippen LogP contribution in [0.15, 0.2) is 64.3 Å². The molecular weight excluding hydrogens is 442 g/mol. The molecule has 0 bridgehead atoms. The van der Waals surface area contributed by atoms with Crippen LogP contribution in [0.5, 0.6) is 0 Å². The number of amides is 1. The van der Waals surface area contributed by atoms with E-state index in [2.05, 4.69) is 5.32 Å². The summed E-state index contributed by atoms with van der Waals surface area (Å²) in [6.45, 7) is 2.99. The van der Waals surface area contributed by atoms with Gasteiger partial charge in [-0.3, -0.25) is 19.0 Å². The maximum atomic E-state index is 13.2. The van der Waals surface area contributed by atoms with Crippen LogP contribution < -0.4 is 10.9 Å². The quantitative estimate of drug-likeness (QED) is 0.560. The zero-order valence-corrected chi connectivity index (χ0v) is 19.1. The lowest BCUT2D eigenvalue weighted by Crippen LogP contribution is -2.34. The lowest BCUT2D eigenvalue weighted by Gasteiger charge is -2.16. The van der Waals surface area contributed by atoms with Crippen molar-refractivity contribution in [1.82, 2.24) is 9.88 Å². The van der Waals surface area contributed by atoms with E-state index in [1.165, 1.54) is 35.8 Å². The zero-order valence-electron chi connectivity index (χ0n) is 18.2. The zero-order chi connectivity index (χ0) is 24.3. The first-order valence-electron chi connectivity index (χ1n) is 9.88. The highest BCUT2D eigenvalue weighted by Crippen LogP contribution is 2.16. The number of pyridine rings is 1. The summed E-state index contributed by atoms with van der Waals surface area (Å²) >= 11 is 0. The molecular formula is C24H21N3O5S. The van der Waals surface area contributed by atoms with Crippen molar-refractivity contribution in [3.63, 3.8) is 0 Å². The van der Waals surface area contributed by atoms with Crippen LogP contribution in [0.25, 0.3) is 5.69 Å². The van der Waals surface area contributed by atoms with E-state index in [0.29, 0.717) is 22.5 Å². The number of aromatic nitrogens is 1. The fraction of sp³-hybridized carbons (Fsp3) is 0.167. The molecule has 0 spiro atoms. The van der Waals surface area contributed by atoms with E-state index < -0.39 is 21.3 Å². The Hall–Kier alpha value is -4.03. The van der Waals surface area contributed by atoms with Gasteiger partial charge in [0, 0.05) is 24.1 Å². The van der Waals surface area contributed by atoms with Crippen LogP contribution in [-0.4, -0.2) is 30.9 Å². The van der Waals surface area contributed by atoms with E-state index in [9.17, 15) is 28.1 Å². The fourth-order valence-electron chi connectivity index (χ4n) is 3.38. The topological polar surface area (TPSA) is 126 Å². The number of nitrogens with zero attached hydrogens (tertiary/aromatic N) is 2. The van der Waals surface area contributed by atoms with Gasteiger partial charge in [0.1, 0.15) is 5.56 Å². The van der Waals surface area contributed by atoms with E-state index in [-0.39, 0.29) is 28.4 Å². The Bertz CT molecular complexity index is 1460. The normalized spacial score (nSPS) is 11.0. The highest BCUT2D eigenvalue weighted by atomic mass is 32.2. The van der Waals surface area contributed by atoms with Crippen LogP contribution in [-0.2, 0) is 16.4 Å². The van der Waals surface area contributed by atoms with Crippen molar-refractivity contribution in [1.29, 1.82) is 5.26 Å². The van der Waals surface area contributed by atoms with Gasteiger partial charge < -0.3 is 5.32 Å². The Labute approximate surface area is 191 Å². The third-order valence-electron chi connectivity index (χ3n) is 5.11. The smallest absolute Gasteiger partial charge is 0.268 e. The van der Waals surface area contributed by atoms with Gasteiger partial charge in [-0.1, -0.05) is 18.2 Å². The molecule has 3 rings (SSSR count).